The van der Waals surface area contributed by atoms with Crippen LogP contribution in [0.2, 0.25) is 0 Å². The van der Waals surface area contributed by atoms with Gasteiger partial charge in [-0.25, -0.2) is 0 Å². The zero-order chi connectivity index (χ0) is 11.5. The van der Waals surface area contributed by atoms with Gasteiger partial charge in [-0.15, -0.1) is 0 Å². The van der Waals surface area contributed by atoms with Gasteiger partial charge in [-0.1, -0.05) is 12.1 Å². The fraction of sp³-hybridized carbons (Fsp3) is 0.538. The molecule has 0 amide bonds. The number of rotatable bonds is 3. The smallest absolute Gasteiger partial charge is 0.124 e. The first-order valence-corrected chi connectivity index (χ1v) is 5.87. The van der Waals surface area contributed by atoms with Crippen LogP contribution in [0.25, 0.3) is 0 Å². The van der Waals surface area contributed by atoms with Gasteiger partial charge in [-0.05, 0) is 43.9 Å². The number of benzene rings is 1. The van der Waals surface area contributed by atoms with Gasteiger partial charge in [0.1, 0.15) is 11.9 Å². The van der Waals surface area contributed by atoms with Gasteiger partial charge in [0.15, 0.2) is 0 Å². The number of nitrogens with two attached hydrogens (primary N) is 1. The van der Waals surface area contributed by atoms with Crippen LogP contribution in [0, 0.1) is 0 Å². The van der Waals surface area contributed by atoms with E-state index in [4.69, 9.17) is 10.5 Å². The van der Waals surface area contributed by atoms with Crippen molar-refractivity contribution < 1.29 is 9.84 Å². The molecule has 16 heavy (non-hydrogen) atoms. The quantitative estimate of drug-likeness (QED) is 0.820. The number of aliphatic hydroxyl groups excluding tert-OH is 1. The summed E-state index contributed by atoms with van der Waals surface area (Å²) in [7, 11) is 0. The molecule has 1 saturated carbocycles. The minimum Gasteiger partial charge on any atom is -0.488 e. The van der Waals surface area contributed by atoms with Gasteiger partial charge in [-0.2, -0.15) is 0 Å². The molecule has 3 heteroatoms. The Bertz CT molecular complexity index is 334. The summed E-state index contributed by atoms with van der Waals surface area (Å²) in [6.07, 6.45) is 2.48. The van der Waals surface area contributed by atoms with Gasteiger partial charge in [0.25, 0.3) is 0 Å². The molecule has 2 rings (SSSR count). The summed E-state index contributed by atoms with van der Waals surface area (Å²) in [6, 6.07) is 7.84. The SMILES string of the molecule is CC(N)c1ccc(OC2CCCC2O)cc1. The molecule has 3 N–H and O–H groups in total. The van der Waals surface area contributed by atoms with Gasteiger partial charge in [-0.3, -0.25) is 0 Å². The molecule has 0 radical (unpaired) electrons. The van der Waals surface area contributed by atoms with Crippen LogP contribution in [0.15, 0.2) is 24.3 Å². The van der Waals surface area contributed by atoms with E-state index in [1.807, 2.05) is 31.2 Å². The molecular formula is C13H19NO2. The second-order valence-electron chi connectivity index (χ2n) is 4.51. The standard InChI is InChI=1S/C13H19NO2/c1-9(14)10-5-7-11(8-6-10)16-13-4-2-3-12(13)15/h5-9,12-13,15H,2-4,14H2,1H3. The lowest BCUT2D eigenvalue weighted by atomic mass is 10.1. The molecule has 88 valence electrons. The minimum atomic E-state index is -0.312. The summed E-state index contributed by atoms with van der Waals surface area (Å²) in [5.41, 5.74) is 6.87. The first kappa shape index (κ1) is 11.4. The summed E-state index contributed by atoms with van der Waals surface area (Å²) in [5, 5.41) is 9.65. The molecule has 1 aliphatic carbocycles. The maximum atomic E-state index is 9.65. The normalized spacial score (nSPS) is 26.7. The fourth-order valence-electron chi connectivity index (χ4n) is 2.07. The third-order valence-corrected chi connectivity index (χ3v) is 3.11. The second kappa shape index (κ2) is 4.85. The molecule has 0 aliphatic heterocycles. The molecule has 3 unspecified atom stereocenters. The average molecular weight is 221 g/mol. The molecule has 3 nitrogen and oxygen atoms in total. The number of hydrogen-bond donors (Lipinski definition) is 2. The fourth-order valence-corrected chi connectivity index (χ4v) is 2.07. The highest BCUT2D eigenvalue weighted by atomic mass is 16.5. The van der Waals surface area contributed by atoms with Crippen molar-refractivity contribution in [2.45, 2.75) is 44.4 Å². The number of ether oxygens (including phenoxy) is 1. The van der Waals surface area contributed by atoms with Gasteiger partial charge in [0, 0.05) is 6.04 Å². The van der Waals surface area contributed by atoms with E-state index in [9.17, 15) is 5.11 Å². The van der Waals surface area contributed by atoms with Crippen molar-refractivity contribution in [1.29, 1.82) is 0 Å². The van der Waals surface area contributed by atoms with E-state index in [0.29, 0.717) is 0 Å². The van der Waals surface area contributed by atoms with E-state index >= 15 is 0 Å². The Morgan fingerprint density at radius 1 is 1.31 bits per heavy atom. The van der Waals surface area contributed by atoms with Crippen molar-refractivity contribution >= 4 is 0 Å². The predicted octanol–water partition coefficient (Wildman–Crippen LogP) is 2.00. The highest BCUT2D eigenvalue weighted by Crippen LogP contribution is 2.25. The van der Waals surface area contributed by atoms with Gasteiger partial charge >= 0.3 is 0 Å². The van der Waals surface area contributed by atoms with Gasteiger partial charge in [0.05, 0.1) is 6.10 Å². The predicted molar refractivity (Wildman–Crippen MR) is 63.3 cm³/mol. The maximum absolute atomic E-state index is 9.65. The lowest BCUT2D eigenvalue weighted by Crippen LogP contribution is -2.25. The Balaban J connectivity index is 1.99. The molecule has 0 spiro atoms. The zero-order valence-corrected chi connectivity index (χ0v) is 9.60. The first-order valence-electron chi connectivity index (χ1n) is 5.87. The van der Waals surface area contributed by atoms with Crippen LogP contribution in [-0.2, 0) is 0 Å². The highest BCUT2D eigenvalue weighted by molar-refractivity contribution is 5.29. The summed E-state index contributed by atoms with van der Waals surface area (Å²) < 4.78 is 5.73. The number of aliphatic hydroxyl groups is 1. The highest BCUT2D eigenvalue weighted by Gasteiger charge is 2.26. The van der Waals surface area contributed by atoms with Crippen LogP contribution >= 0.6 is 0 Å². The molecular weight excluding hydrogens is 202 g/mol. The van der Waals surface area contributed by atoms with E-state index in [0.717, 1.165) is 30.6 Å². The average Bonchev–Trinajstić information content (AvgIpc) is 2.65. The first-order chi connectivity index (χ1) is 7.66. The molecule has 1 aromatic rings. The molecule has 1 aromatic carbocycles. The van der Waals surface area contributed by atoms with Gasteiger partial charge in [0.2, 0.25) is 0 Å². The van der Waals surface area contributed by atoms with Gasteiger partial charge < -0.3 is 15.6 Å². The summed E-state index contributed by atoms with van der Waals surface area (Å²) in [6.45, 7) is 1.95. The Morgan fingerprint density at radius 2 is 2.00 bits per heavy atom. The summed E-state index contributed by atoms with van der Waals surface area (Å²) in [4.78, 5) is 0. The Labute approximate surface area is 96.2 Å². The van der Waals surface area contributed by atoms with Crippen LogP contribution in [0.1, 0.15) is 37.8 Å². The largest absolute Gasteiger partial charge is 0.488 e. The van der Waals surface area contributed by atoms with Crippen LogP contribution < -0.4 is 10.5 Å². The Morgan fingerprint density at radius 3 is 2.50 bits per heavy atom. The maximum Gasteiger partial charge on any atom is 0.124 e. The molecule has 0 heterocycles. The molecule has 0 saturated heterocycles. The van der Waals surface area contributed by atoms with Crippen molar-refractivity contribution in [2.24, 2.45) is 5.73 Å². The molecule has 1 fully saturated rings. The summed E-state index contributed by atoms with van der Waals surface area (Å²) >= 11 is 0. The van der Waals surface area contributed by atoms with E-state index < -0.39 is 0 Å². The van der Waals surface area contributed by atoms with Crippen molar-refractivity contribution in [3.8, 4) is 5.75 Å². The van der Waals surface area contributed by atoms with E-state index in [-0.39, 0.29) is 18.2 Å². The zero-order valence-electron chi connectivity index (χ0n) is 9.60. The number of hydrogen-bond acceptors (Lipinski definition) is 3. The van der Waals surface area contributed by atoms with Crippen LogP contribution in [0.5, 0.6) is 5.75 Å². The third kappa shape index (κ3) is 2.54. The van der Waals surface area contributed by atoms with Crippen molar-refractivity contribution in [3.05, 3.63) is 29.8 Å². The third-order valence-electron chi connectivity index (χ3n) is 3.11. The van der Waals surface area contributed by atoms with Crippen molar-refractivity contribution in [3.63, 3.8) is 0 Å². The van der Waals surface area contributed by atoms with Crippen LogP contribution in [0.3, 0.4) is 0 Å². The van der Waals surface area contributed by atoms with Crippen LogP contribution in [0.4, 0.5) is 0 Å². The molecule has 0 bridgehead atoms. The second-order valence-corrected chi connectivity index (χ2v) is 4.51. The van der Waals surface area contributed by atoms with E-state index in [1.54, 1.807) is 0 Å². The minimum absolute atomic E-state index is 0.0406. The van der Waals surface area contributed by atoms with Crippen molar-refractivity contribution in [1.82, 2.24) is 0 Å². The Hall–Kier alpha value is -1.06. The monoisotopic (exact) mass is 221 g/mol. The molecule has 3 atom stereocenters. The topological polar surface area (TPSA) is 55.5 Å². The van der Waals surface area contributed by atoms with E-state index in [1.165, 1.54) is 0 Å². The van der Waals surface area contributed by atoms with Crippen LogP contribution in [-0.4, -0.2) is 17.3 Å². The Kier molecular flexibility index (Phi) is 3.46. The lowest BCUT2D eigenvalue weighted by molar-refractivity contribution is 0.0604. The lowest BCUT2D eigenvalue weighted by Gasteiger charge is -2.17. The van der Waals surface area contributed by atoms with E-state index in [2.05, 4.69) is 0 Å². The molecule has 1 aliphatic rings. The molecule has 0 aromatic heterocycles. The van der Waals surface area contributed by atoms with Crippen molar-refractivity contribution in [2.75, 3.05) is 0 Å². The summed E-state index contributed by atoms with van der Waals surface area (Å²) in [5.74, 6) is 0.815.